The van der Waals surface area contributed by atoms with Crippen molar-refractivity contribution in [2.45, 2.75) is 0 Å². The Kier molecular flexibility index (Phi) is 5.06. The van der Waals surface area contributed by atoms with E-state index < -0.39 is 12.0 Å². The van der Waals surface area contributed by atoms with E-state index in [1.807, 2.05) is 0 Å². The average Bonchev–Trinajstić information content (AvgIpc) is 2.36. The van der Waals surface area contributed by atoms with Crippen molar-refractivity contribution in [3.63, 3.8) is 0 Å². The monoisotopic (exact) mass is 271 g/mol. The third-order valence-electron chi connectivity index (χ3n) is 2.03. The third-order valence-corrected chi connectivity index (χ3v) is 2.20. The normalized spacial score (nSPS) is 9.61. The molecule has 0 bridgehead atoms. The van der Waals surface area contributed by atoms with E-state index in [0.717, 1.165) is 0 Å². The molecule has 96 valence electrons. The van der Waals surface area contributed by atoms with Gasteiger partial charge in [-0.3, -0.25) is 0 Å². The van der Waals surface area contributed by atoms with Gasteiger partial charge in [0.05, 0.1) is 23.1 Å². The molecular weight excluding hydrogens is 262 g/mol. The van der Waals surface area contributed by atoms with Gasteiger partial charge in [-0.1, -0.05) is 12.1 Å². The number of nitrogens with one attached hydrogen (secondary N) is 1. The Bertz CT molecular complexity index is 466. The van der Waals surface area contributed by atoms with Crippen LogP contribution in [-0.4, -0.2) is 34.5 Å². The van der Waals surface area contributed by atoms with Crippen LogP contribution in [-0.2, 0) is 0 Å². The van der Waals surface area contributed by atoms with E-state index in [0.29, 0.717) is 5.01 Å². The molecule has 0 aliphatic heterocycles. The Balaban J connectivity index is 2.87. The molecule has 0 fully saturated rings. The van der Waals surface area contributed by atoms with Gasteiger partial charge in [-0.25, -0.2) is 9.59 Å². The van der Waals surface area contributed by atoms with Crippen molar-refractivity contribution in [3.05, 3.63) is 34.7 Å². The van der Waals surface area contributed by atoms with Crippen molar-refractivity contribution in [3.8, 4) is 0 Å². The lowest BCUT2D eigenvalue weighted by atomic mass is 10.2. The van der Waals surface area contributed by atoms with Crippen LogP contribution >= 0.6 is 11.6 Å². The number of rotatable bonds is 5. The van der Waals surface area contributed by atoms with Crippen molar-refractivity contribution < 1.29 is 14.7 Å². The Morgan fingerprint density at radius 3 is 2.61 bits per heavy atom. The van der Waals surface area contributed by atoms with Gasteiger partial charge in [-0.15, -0.1) is 16.5 Å². The molecule has 1 rings (SSSR count). The van der Waals surface area contributed by atoms with Crippen LogP contribution in [0.4, 0.5) is 10.5 Å². The van der Waals surface area contributed by atoms with Gasteiger partial charge in [0.25, 0.3) is 0 Å². The first-order chi connectivity index (χ1) is 8.60. The first-order valence-corrected chi connectivity index (χ1v) is 5.43. The smallest absolute Gasteiger partial charge is 0.344 e. The molecule has 0 spiro atoms. The van der Waals surface area contributed by atoms with Gasteiger partial charge < -0.3 is 10.4 Å². The van der Waals surface area contributed by atoms with Crippen LogP contribution in [0.5, 0.6) is 0 Å². The van der Waals surface area contributed by atoms with Crippen molar-refractivity contribution >= 4 is 29.3 Å². The number of carboxylic acid groups (broad SMARTS) is 1. The predicted molar refractivity (Wildman–Crippen MR) is 65.6 cm³/mol. The van der Waals surface area contributed by atoms with Gasteiger partial charge in [0.2, 0.25) is 0 Å². The summed E-state index contributed by atoms with van der Waals surface area (Å²) >= 11 is 5.39. The maximum absolute atomic E-state index is 11.6. The zero-order valence-corrected chi connectivity index (χ0v) is 9.92. The molecule has 0 aromatic heterocycles. The van der Waals surface area contributed by atoms with Gasteiger partial charge >= 0.3 is 12.0 Å². The molecule has 2 amide bonds. The molecule has 2 N–H and O–H groups in total. The lowest BCUT2D eigenvalue weighted by molar-refractivity contribution is 0.0698. The minimum atomic E-state index is -1.19. The number of hydrogen-bond acceptors (Lipinski definition) is 4. The quantitative estimate of drug-likeness (QED) is 0.487. The maximum Gasteiger partial charge on any atom is 0.344 e. The summed E-state index contributed by atoms with van der Waals surface area (Å²) in [5.74, 6) is -1.14. The van der Waals surface area contributed by atoms with Crippen molar-refractivity contribution in [2.75, 3.05) is 17.7 Å². The van der Waals surface area contributed by atoms with E-state index in [1.54, 1.807) is 6.07 Å². The molecule has 7 nitrogen and oxygen atoms in total. The van der Waals surface area contributed by atoms with Crippen LogP contribution in [0, 0.1) is 4.91 Å². The summed E-state index contributed by atoms with van der Waals surface area (Å²) in [5.41, 5.74) is 0.000736. The molecule has 0 atom stereocenters. The number of amides is 2. The summed E-state index contributed by atoms with van der Waals surface area (Å²) in [4.78, 5) is 32.9. The van der Waals surface area contributed by atoms with Crippen LogP contribution in [0.15, 0.2) is 29.6 Å². The van der Waals surface area contributed by atoms with E-state index in [2.05, 4.69) is 10.6 Å². The van der Waals surface area contributed by atoms with Gasteiger partial charge in [0.15, 0.2) is 0 Å². The number of alkyl halides is 1. The highest BCUT2D eigenvalue weighted by Crippen LogP contribution is 2.15. The summed E-state index contributed by atoms with van der Waals surface area (Å²) in [5, 5.41) is 14.3. The van der Waals surface area contributed by atoms with Crippen LogP contribution in [0.3, 0.4) is 0 Å². The second-order valence-electron chi connectivity index (χ2n) is 3.17. The summed E-state index contributed by atoms with van der Waals surface area (Å²) in [7, 11) is 0. The molecule has 0 heterocycles. The molecule has 0 radical (unpaired) electrons. The lowest BCUT2D eigenvalue weighted by Gasteiger charge is -2.14. The number of nitroso groups, excluding NO2 is 1. The zero-order valence-electron chi connectivity index (χ0n) is 9.17. The number of halogens is 1. The Hall–Kier alpha value is -2.15. The number of nitrogens with zero attached hydrogens (tertiary/aromatic N) is 2. The number of urea groups is 1. The Morgan fingerprint density at radius 1 is 1.39 bits per heavy atom. The molecule has 0 aliphatic carbocycles. The SMILES string of the molecule is O=NN(CCCl)C(=O)Nc1ccccc1C(=O)O. The summed E-state index contributed by atoms with van der Waals surface area (Å²) in [6.07, 6.45) is 0. The Morgan fingerprint density at radius 2 is 2.06 bits per heavy atom. The fraction of sp³-hybridized carbons (Fsp3) is 0.200. The van der Waals surface area contributed by atoms with Gasteiger partial charge in [-0.05, 0) is 12.1 Å². The second kappa shape index (κ2) is 6.55. The molecule has 18 heavy (non-hydrogen) atoms. The van der Waals surface area contributed by atoms with Crippen molar-refractivity contribution in [1.29, 1.82) is 0 Å². The number of anilines is 1. The molecular formula is C10H10ClN3O4. The average molecular weight is 272 g/mol. The van der Waals surface area contributed by atoms with E-state index in [9.17, 15) is 14.5 Å². The van der Waals surface area contributed by atoms with E-state index in [-0.39, 0.29) is 23.7 Å². The highest BCUT2D eigenvalue weighted by Gasteiger charge is 2.16. The fourth-order valence-electron chi connectivity index (χ4n) is 1.22. The minimum absolute atomic E-state index is 0.0414. The van der Waals surface area contributed by atoms with Crippen molar-refractivity contribution in [2.24, 2.45) is 5.29 Å². The van der Waals surface area contributed by atoms with Crippen molar-refractivity contribution in [1.82, 2.24) is 5.01 Å². The number of aromatic carboxylic acids is 1. The maximum atomic E-state index is 11.6. The molecule has 0 aliphatic rings. The van der Waals surface area contributed by atoms with E-state index in [1.165, 1.54) is 18.2 Å². The fourth-order valence-corrected chi connectivity index (χ4v) is 1.38. The predicted octanol–water partition coefficient (Wildman–Crippen LogP) is 2.14. The summed E-state index contributed by atoms with van der Waals surface area (Å²) in [6.45, 7) is -0.0634. The minimum Gasteiger partial charge on any atom is -0.478 e. The largest absolute Gasteiger partial charge is 0.478 e. The number of carbonyl (C=O) groups is 2. The molecule has 8 heteroatoms. The summed E-state index contributed by atoms with van der Waals surface area (Å²) in [6, 6.07) is 4.98. The topological polar surface area (TPSA) is 99.1 Å². The zero-order chi connectivity index (χ0) is 13.5. The third kappa shape index (κ3) is 3.42. The number of para-hydroxylation sites is 1. The lowest BCUT2D eigenvalue weighted by Crippen LogP contribution is -2.32. The van der Waals surface area contributed by atoms with Crippen LogP contribution in [0.25, 0.3) is 0 Å². The standard InChI is InChI=1S/C10H10ClN3O4/c11-5-6-14(13-18)10(17)12-8-4-2-1-3-7(8)9(15)16/h1-4H,5-6H2,(H,12,17)(H,15,16). The highest BCUT2D eigenvalue weighted by atomic mass is 35.5. The first-order valence-electron chi connectivity index (χ1n) is 4.90. The number of carboxylic acids is 1. The summed E-state index contributed by atoms with van der Waals surface area (Å²) < 4.78 is 0. The van der Waals surface area contributed by atoms with Crippen LogP contribution in [0.1, 0.15) is 10.4 Å². The second-order valence-corrected chi connectivity index (χ2v) is 3.55. The van der Waals surface area contributed by atoms with Gasteiger partial charge in [-0.2, -0.15) is 5.01 Å². The highest BCUT2D eigenvalue weighted by molar-refractivity contribution is 6.18. The first kappa shape index (κ1) is 13.9. The van der Waals surface area contributed by atoms with Gasteiger partial charge in [0, 0.05) is 5.88 Å². The molecule has 0 saturated heterocycles. The number of carbonyl (C=O) groups excluding carboxylic acids is 1. The molecule has 1 aromatic rings. The van der Waals surface area contributed by atoms with E-state index in [4.69, 9.17) is 16.7 Å². The Labute approximate surface area is 107 Å². The van der Waals surface area contributed by atoms with Gasteiger partial charge in [0.1, 0.15) is 0 Å². The van der Waals surface area contributed by atoms with Crippen LogP contribution < -0.4 is 5.32 Å². The van der Waals surface area contributed by atoms with Crippen LogP contribution in [0.2, 0.25) is 0 Å². The number of benzene rings is 1. The van der Waals surface area contributed by atoms with E-state index >= 15 is 0 Å². The number of hydrogen-bond donors (Lipinski definition) is 2. The molecule has 0 saturated carbocycles. The molecule has 0 unspecified atom stereocenters. The molecule has 1 aromatic carbocycles.